The van der Waals surface area contributed by atoms with Crippen molar-refractivity contribution >= 4 is 36.2 Å². The summed E-state index contributed by atoms with van der Waals surface area (Å²) >= 11 is -0.952. The molecule has 0 radical (unpaired) electrons. The van der Waals surface area contributed by atoms with Gasteiger partial charge in [0.05, 0.1) is 0 Å². The van der Waals surface area contributed by atoms with Crippen LogP contribution in [0.25, 0.3) is 11.1 Å². The van der Waals surface area contributed by atoms with Crippen molar-refractivity contribution in [3.8, 4) is 11.1 Å². The zero-order valence-corrected chi connectivity index (χ0v) is 18.4. The maximum Gasteiger partial charge on any atom is 0.354 e. The van der Waals surface area contributed by atoms with Crippen molar-refractivity contribution in [3.63, 3.8) is 0 Å². The minimum absolute atomic E-state index is 0.164. The summed E-state index contributed by atoms with van der Waals surface area (Å²) in [7, 11) is 0. The largest absolute Gasteiger partial charge is 0.419 e. The number of carbonyl (C=O) groups is 2. The van der Waals surface area contributed by atoms with Crippen molar-refractivity contribution in [3.05, 3.63) is 58.2 Å². The van der Waals surface area contributed by atoms with Crippen LogP contribution in [0.2, 0.25) is 0 Å². The normalized spacial score (nSPS) is 19.3. The summed E-state index contributed by atoms with van der Waals surface area (Å²) < 4.78 is 12.2. The Hall–Kier alpha value is -2.02. The molecule has 0 bridgehead atoms. The van der Waals surface area contributed by atoms with E-state index in [0.29, 0.717) is 6.42 Å². The zero-order chi connectivity index (χ0) is 20.0. The molecule has 1 saturated heterocycles. The van der Waals surface area contributed by atoms with Gasteiger partial charge in [0.2, 0.25) is 0 Å². The predicted octanol–water partition coefficient (Wildman–Crippen LogP) is 5.45. The van der Waals surface area contributed by atoms with E-state index in [-0.39, 0.29) is 3.51 Å². The number of rotatable bonds is 7. The predicted molar refractivity (Wildman–Crippen MR) is 119 cm³/mol. The number of carbonyl (C=O) groups excluding carboxylic acids is 2. The van der Waals surface area contributed by atoms with Gasteiger partial charge in [-0.05, 0) is 29.7 Å². The van der Waals surface area contributed by atoms with Gasteiger partial charge in [-0.3, -0.25) is 0 Å². The van der Waals surface area contributed by atoms with Gasteiger partial charge in [0, 0.05) is 16.9 Å². The van der Waals surface area contributed by atoms with Gasteiger partial charge in [-0.25, -0.2) is 9.59 Å². The molecule has 5 heteroatoms. The molecule has 0 unspecified atom stereocenters. The van der Waals surface area contributed by atoms with E-state index in [4.69, 9.17) is 9.47 Å². The number of esters is 2. The lowest BCUT2D eigenvalue weighted by Crippen LogP contribution is -2.48. The molecule has 2 aromatic carbocycles. The van der Waals surface area contributed by atoms with Crippen molar-refractivity contribution in [2.75, 3.05) is 0 Å². The molecule has 1 fully saturated rings. The molecule has 0 aromatic heterocycles. The van der Waals surface area contributed by atoms with Crippen molar-refractivity contribution in [2.45, 2.75) is 51.7 Å². The first-order valence-corrected chi connectivity index (χ1v) is 11.8. The van der Waals surface area contributed by atoms with Gasteiger partial charge in [0.25, 0.3) is 5.79 Å². The van der Waals surface area contributed by atoms with Crippen LogP contribution in [-0.2, 0) is 19.1 Å². The van der Waals surface area contributed by atoms with Gasteiger partial charge in [0.1, 0.15) is 0 Å². The van der Waals surface area contributed by atoms with Crippen molar-refractivity contribution < 1.29 is 19.1 Å². The highest BCUT2D eigenvalue weighted by molar-refractivity contribution is 14.2. The molecule has 1 aliphatic heterocycles. The fourth-order valence-electron chi connectivity index (χ4n) is 3.08. The monoisotopic (exact) mass is 492 g/mol. The highest BCUT2D eigenvalue weighted by atomic mass is 127. The lowest BCUT2D eigenvalue weighted by Gasteiger charge is -2.33. The summed E-state index contributed by atoms with van der Waals surface area (Å²) in [4.78, 5) is 24.9. The molecule has 4 nitrogen and oxygen atoms in total. The van der Waals surface area contributed by atoms with Crippen LogP contribution in [0.5, 0.6) is 0 Å². The summed E-state index contributed by atoms with van der Waals surface area (Å²) in [5, 5.41) is 0. The summed E-state index contributed by atoms with van der Waals surface area (Å²) in [6, 6.07) is 18.1. The van der Waals surface area contributed by atoms with E-state index in [1.807, 2.05) is 42.5 Å². The Kier molecular flexibility index (Phi) is 6.99. The van der Waals surface area contributed by atoms with Gasteiger partial charge in [0.15, 0.2) is 3.51 Å². The second-order valence-electron chi connectivity index (χ2n) is 7.00. The van der Waals surface area contributed by atoms with Gasteiger partial charge in [-0.15, -0.1) is 0 Å². The number of unbranched alkanes of at least 4 members (excludes halogenated alkanes) is 3. The lowest BCUT2D eigenvalue weighted by molar-refractivity contribution is -0.223. The second-order valence-corrected chi connectivity index (χ2v) is 9.87. The van der Waals surface area contributed by atoms with Crippen LogP contribution >= 0.6 is 20.7 Å². The van der Waals surface area contributed by atoms with Crippen molar-refractivity contribution in [2.24, 2.45) is 0 Å². The first-order chi connectivity index (χ1) is 13.5. The molecule has 2 aromatic rings. The number of halogens is 1. The highest BCUT2D eigenvalue weighted by Gasteiger charge is 2.42. The number of benzene rings is 2. The van der Waals surface area contributed by atoms with Crippen molar-refractivity contribution in [1.29, 1.82) is 0 Å². The molecular weight excluding hydrogens is 467 g/mol. The number of ether oxygens (including phenoxy) is 2. The van der Waals surface area contributed by atoms with Gasteiger partial charge < -0.3 is 9.47 Å². The standard InChI is InChI=1S/C23H25IO4/c1-3-4-5-9-16-23(2)27-21(25)20(22(26)28-23)24-19-14-12-18(13-15-19)17-10-7-6-8-11-17/h6-8,10-15H,3-5,9,16H2,1-2H3. The second kappa shape index (κ2) is 9.45. The molecule has 1 heterocycles. The first-order valence-electron chi connectivity index (χ1n) is 9.65. The zero-order valence-electron chi connectivity index (χ0n) is 16.2. The Morgan fingerprint density at radius 1 is 0.821 bits per heavy atom. The van der Waals surface area contributed by atoms with E-state index in [0.717, 1.165) is 40.4 Å². The highest BCUT2D eigenvalue weighted by Crippen LogP contribution is 2.29. The molecule has 1 aliphatic rings. The Morgan fingerprint density at radius 3 is 2.04 bits per heavy atom. The SMILES string of the molecule is CCCCCCC1(C)OC(=O)C(=Ic2ccc(-c3ccccc3)cc2)C(=O)O1. The number of hydrogen-bond acceptors (Lipinski definition) is 4. The Balaban J connectivity index is 1.69. The third-order valence-electron chi connectivity index (χ3n) is 4.62. The molecule has 0 aliphatic carbocycles. The van der Waals surface area contributed by atoms with Crippen LogP contribution in [0.4, 0.5) is 0 Å². The van der Waals surface area contributed by atoms with Crippen LogP contribution < -0.4 is 0 Å². The van der Waals surface area contributed by atoms with Gasteiger partial charge >= 0.3 is 11.9 Å². The average Bonchev–Trinajstić information content (AvgIpc) is 2.69. The van der Waals surface area contributed by atoms with Gasteiger partial charge in [-0.1, -0.05) is 89.4 Å². The van der Waals surface area contributed by atoms with E-state index in [9.17, 15) is 9.59 Å². The molecule has 28 heavy (non-hydrogen) atoms. The molecule has 0 N–H and O–H groups in total. The first kappa shape index (κ1) is 20.7. The third kappa shape index (κ3) is 5.28. The minimum atomic E-state index is -1.13. The molecule has 0 amide bonds. The van der Waals surface area contributed by atoms with E-state index in [1.165, 1.54) is 0 Å². The minimum Gasteiger partial charge on any atom is -0.419 e. The quantitative estimate of drug-likeness (QED) is 0.293. The third-order valence-corrected chi connectivity index (χ3v) is 7.38. The van der Waals surface area contributed by atoms with Crippen LogP contribution in [-0.4, -0.2) is 21.2 Å². The van der Waals surface area contributed by atoms with Crippen LogP contribution in [0, 0.1) is 3.57 Å². The fourth-order valence-corrected chi connectivity index (χ4v) is 5.09. The Bertz CT molecular complexity index is 836. The molecule has 3 rings (SSSR count). The molecule has 0 spiro atoms. The van der Waals surface area contributed by atoms with E-state index >= 15 is 0 Å². The Labute approximate surface area is 176 Å². The maximum atomic E-state index is 12.5. The summed E-state index contributed by atoms with van der Waals surface area (Å²) in [6.07, 6.45) is 4.71. The smallest absolute Gasteiger partial charge is 0.354 e. The Morgan fingerprint density at radius 2 is 1.43 bits per heavy atom. The summed E-state index contributed by atoms with van der Waals surface area (Å²) in [5.74, 6) is -2.17. The summed E-state index contributed by atoms with van der Waals surface area (Å²) in [5.41, 5.74) is 2.24. The number of cyclic esters (lactones) is 2. The van der Waals surface area contributed by atoms with Crippen LogP contribution in [0.3, 0.4) is 0 Å². The molecule has 148 valence electrons. The van der Waals surface area contributed by atoms with E-state index in [1.54, 1.807) is 6.92 Å². The topological polar surface area (TPSA) is 52.6 Å². The number of hydrogen-bond donors (Lipinski definition) is 0. The molecule has 0 saturated carbocycles. The van der Waals surface area contributed by atoms with E-state index < -0.39 is 38.5 Å². The summed E-state index contributed by atoms with van der Waals surface area (Å²) in [6.45, 7) is 3.82. The van der Waals surface area contributed by atoms with Gasteiger partial charge in [-0.2, -0.15) is 0 Å². The van der Waals surface area contributed by atoms with Crippen LogP contribution in [0.15, 0.2) is 54.6 Å². The van der Waals surface area contributed by atoms with Crippen molar-refractivity contribution in [1.82, 2.24) is 0 Å². The van der Waals surface area contributed by atoms with Crippen LogP contribution in [0.1, 0.15) is 46.0 Å². The lowest BCUT2D eigenvalue weighted by atomic mass is 10.1. The maximum absolute atomic E-state index is 12.5. The van der Waals surface area contributed by atoms with E-state index in [2.05, 4.69) is 19.1 Å². The average molecular weight is 492 g/mol. The molecule has 0 atom stereocenters. The fraction of sp³-hybridized carbons (Fsp3) is 0.348. The molecular formula is C23H25IO4.